The van der Waals surface area contributed by atoms with Crippen LogP contribution in [0.25, 0.3) is 5.69 Å². The van der Waals surface area contributed by atoms with Crippen LogP contribution < -0.4 is 29.4 Å². The number of benzene rings is 1. The Morgan fingerprint density at radius 1 is 0.815 bits per heavy atom. The lowest BCUT2D eigenvalue weighted by Crippen LogP contribution is -2.32. The molecule has 0 saturated heterocycles. The zero-order valence-electron chi connectivity index (χ0n) is 14.7. The van der Waals surface area contributed by atoms with Gasteiger partial charge in [-0.25, -0.2) is 0 Å². The topological polar surface area (TPSA) is 159 Å². The first-order chi connectivity index (χ1) is 12.9. The van der Waals surface area contributed by atoms with E-state index in [1.54, 1.807) is 21.0 Å². The maximum absolute atomic E-state index is 10.6. The molecule has 0 spiro atoms. The minimum Gasteiger partial charge on any atom is -0.539 e. The highest BCUT2D eigenvalue weighted by Crippen LogP contribution is 2.01. The molecule has 1 aromatic carbocycles. The van der Waals surface area contributed by atoms with Crippen LogP contribution in [0.5, 0.6) is 17.8 Å². The fraction of sp³-hybridized carbons (Fsp3) is 0.200. The maximum atomic E-state index is 10.6. The molecular weight excluding hydrogens is 360 g/mol. The summed E-state index contributed by atoms with van der Waals surface area (Å²) < 4.78 is 16.8. The quantitative estimate of drug-likeness (QED) is 0.327. The molecule has 0 aliphatic heterocycles. The number of hydrogen-bond acceptors (Lipinski definition) is 9. The van der Waals surface area contributed by atoms with Gasteiger partial charge in [-0.05, 0) is 4.68 Å². The van der Waals surface area contributed by atoms with Gasteiger partial charge in [0.05, 0.1) is 15.8 Å². The minimum absolute atomic E-state index is 0.368. The zero-order valence-corrected chi connectivity index (χ0v) is 14.7. The van der Waals surface area contributed by atoms with Gasteiger partial charge in [-0.2, -0.15) is 0 Å². The van der Waals surface area contributed by atoms with Crippen molar-refractivity contribution in [3.8, 4) is 23.5 Å². The van der Waals surface area contributed by atoms with Gasteiger partial charge in [0.2, 0.25) is 23.8 Å². The molecule has 12 heteroatoms. The summed E-state index contributed by atoms with van der Waals surface area (Å²) >= 11 is 0. The Morgan fingerprint density at radius 2 is 1.44 bits per heavy atom. The molecule has 12 nitrogen and oxygen atoms in total. The molecule has 0 amide bonds. The fourth-order valence-corrected chi connectivity index (χ4v) is 1.60. The summed E-state index contributed by atoms with van der Waals surface area (Å²) in [4.78, 5) is 0. The third kappa shape index (κ3) is 5.81. The van der Waals surface area contributed by atoms with Gasteiger partial charge in [-0.1, -0.05) is 27.6 Å². The Morgan fingerprint density at radius 3 is 1.78 bits per heavy atom. The van der Waals surface area contributed by atoms with Gasteiger partial charge in [0.15, 0.2) is 20.0 Å². The summed E-state index contributed by atoms with van der Waals surface area (Å²) in [6.07, 6.45) is 2.54. The molecule has 4 rings (SSSR count). The maximum Gasteiger partial charge on any atom is 0.239 e. The van der Waals surface area contributed by atoms with E-state index in [2.05, 4.69) is 29.4 Å². The SMILES string of the molecule is C[n+]1cc([O-])on1.Cc1c([O-])on[n+]1C.[O-]c1c[n+](-c2ccccc2)no1. The van der Waals surface area contributed by atoms with Crippen LogP contribution in [-0.4, -0.2) is 15.8 Å². The number of para-hydroxylation sites is 1. The standard InChI is InChI=1S/C8H6N2O2.C4H6N2O2.C3H4N2O2/c11-8-6-10(9-12-8)7-4-2-1-3-5-7;1-3-4(7)8-5-6(3)2;1-5-2-3(6)7-4-5/h1-6H;1-2H3;2H,1H3. The molecule has 0 fully saturated rings. The van der Waals surface area contributed by atoms with E-state index in [9.17, 15) is 15.3 Å². The van der Waals surface area contributed by atoms with Crippen LogP contribution >= 0.6 is 0 Å². The molecule has 0 aliphatic rings. The van der Waals surface area contributed by atoms with Gasteiger partial charge in [-0.3, -0.25) is 0 Å². The van der Waals surface area contributed by atoms with Crippen LogP contribution in [0, 0.1) is 6.92 Å². The molecule has 27 heavy (non-hydrogen) atoms. The van der Waals surface area contributed by atoms with Crippen LogP contribution in [0.3, 0.4) is 0 Å². The van der Waals surface area contributed by atoms with Gasteiger partial charge in [0.1, 0.15) is 11.9 Å². The molecule has 0 radical (unpaired) electrons. The fourth-order valence-electron chi connectivity index (χ4n) is 1.60. The second-order valence-electron chi connectivity index (χ2n) is 5.07. The van der Waals surface area contributed by atoms with E-state index in [0.29, 0.717) is 5.69 Å². The Bertz CT molecular complexity index is 928. The summed E-state index contributed by atoms with van der Waals surface area (Å²) in [6, 6.07) is 9.29. The van der Waals surface area contributed by atoms with Crippen LogP contribution in [0.1, 0.15) is 5.69 Å². The second-order valence-corrected chi connectivity index (χ2v) is 5.07. The van der Waals surface area contributed by atoms with Crippen molar-refractivity contribution in [3.05, 3.63) is 48.4 Å². The molecule has 142 valence electrons. The van der Waals surface area contributed by atoms with Crippen molar-refractivity contribution in [2.24, 2.45) is 14.1 Å². The highest BCUT2D eigenvalue weighted by Gasteiger charge is 2.06. The summed E-state index contributed by atoms with van der Waals surface area (Å²) in [5, 5.41) is 41.1. The predicted molar refractivity (Wildman–Crippen MR) is 76.5 cm³/mol. The molecule has 0 N–H and O–H groups in total. The number of aromatic nitrogens is 6. The second kappa shape index (κ2) is 8.94. The van der Waals surface area contributed by atoms with E-state index in [4.69, 9.17) is 0 Å². The van der Waals surface area contributed by atoms with E-state index in [-0.39, 0.29) is 5.95 Å². The Kier molecular flexibility index (Phi) is 6.41. The molecule has 0 saturated carbocycles. The number of hydrogen-bond donors (Lipinski definition) is 0. The number of aryl methyl sites for hydroxylation is 2. The number of rotatable bonds is 1. The Hall–Kier alpha value is -3.96. The van der Waals surface area contributed by atoms with Crippen molar-refractivity contribution in [2.75, 3.05) is 0 Å². The first-order valence-electron chi connectivity index (χ1n) is 7.47. The molecule has 0 bridgehead atoms. The normalized spacial score (nSPS) is 9.74. The molecule has 0 unspecified atom stereocenters. The van der Waals surface area contributed by atoms with Crippen molar-refractivity contribution in [1.29, 1.82) is 0 Å². The van der Waals surface area contributed by atoms with Gasteiger partial charge in [0, 0.05) is 19.1 Å². The number of nitrogens with zero attached hydrogens (tertiary/aromatic N) is 6. The predicted octanol–water partition coefficient (Wildman–Crippen LogP) is -2.52. The summed E-state index contributed by atoms with van der Waals surface area (Å²) in [5.41, 5.74) is 1.33. The molecule has 4 aromatic rings. The third-order valence-corrected chi connectivity index (χ3v) is 3.05. The lowest BCUT2D eigenvalue weighted by Gasteiger charge is -1.84. The van der Waals surface area contributed by atoms with E-state index in [0.717, 1.165) is 5.69 Å². The average Bonchev–Trinajstić information content (AvgIpc) is 3.35. The monoisotopic (exact) mass is 376 g/mol. The first kappa shape index (κ1) is 19.4. The first-order valence-corrected chi connectivity index (χ1v) is 7.47. The van der Waals surface area contributed by atoms with Gasteiger partial charge < -0.3 is 28.9 Å². The molecule has 0 aliphatic carbocycles. The smallest absolute Gasteiger partial charge is 0.239 e. The van der Waals surface area contributed by atoms with Crippen molar-refractivity contribution in [3.63, 3.8) is 0 Å². The lowest BCUT2D eigenvalue weighted by molar-refractivity contribution is -0.745. The van der Waals surface area contributed by atoms with E-state index < -0.39 is 11.9 Å². The van der Waals surface area contributed by atoms with E-state index in [1.165, 1.54) is 26.4 Å². The van der Waals surface area contributed by atoms with Crippen LogP contribution in [0.4, 0.5) is 0 Å². The van der Waals surface area contributed by atoms with E-state index >= 15 is 0 Å². The largest absolute Gasteiger partial charge is 0.539 e. The van der Waals surface area contributed by atoms with Gasteiger partial charge in [0.25, 0.3) is 0 Å². The molecule has 0 atom stereocenters. The highest BCUT2D eigenvalue weighted by atomic mass is 16.6. The molecular formula is C15H16N6O6. The van der Waals surface area contributed by atoms with Crippen molar-refractivity contribution >= 4 is 0 Å². The minimum atomic E-state index is -0.446. The summed E-state index contributed by atoms with van der Waals surface area (Å²) in [7, 11) is 3.27. The van der Waals surface area contributed by atoms with Crippen molar-refractivity contribution < 1.29 is 42.9 Å². The highest BCUT2D eigenvalue weighted by molar-refractivity contribution is 5.20. The van der Waals surface area contributed by atoms with E-state index in [1.807, 2.05) is 30.3 Å². The Balaban J connectivity index is 0.000000153. The lowest BCUT2D eigenvalue weighted by atomic mass is 10.3. The van der Waals surface area contributed by atoms with Crippen molar-refractivity contribution in [2.45, 2.75) is 6.92 Å². The molecule has 3 heterocycles. The van der Waals surface area contributed by atoms with Gasteiger partial charge >= 0.3 is 0 Å². The van der Waals surface area contributed by atoms with Crippen LogP contribution in [-0.2, 0) is 14.1 Å². The Labute approximate surface area is 152 Å². The zero-order chi connectivity index (χ0) is 19.8. The van der Waals surface area contributed by atoms with Crippen LogP contribution in [0.2, 0.25) is 0 Å². The van der Waals surface area contributed by atoms with Crippen LogP contribution in [0.15, 0.2) is 56.3 Å². The van der Waals surface area contributed by atoms with Crippen molar-refractivity contribution in [1.82, 2.24) is 15.8 Å². The third-order valence-electron chi connectivity index (χ3n) is 3.05. The average molecular weight is 376 g/mol. The molecule has 3 aromatic heterocycles. The summed E-state index contributed by atoms with van der Waals surface area (Å²) in [5.74, 6) is -1.23. The van der Waals surface area contributed by atoms with Gasteiger partial charge in [-0.15, -0.1) is 0 Å². The summed E-state index contributed by atoms with van der Waals surface area (Å²) in [6.45, 7) is 1.65.